The average Bonchev–Trinajstić information content (AvgIpc) is 2.55. The number of Topliss-reactive ketones (excluding diaryl/α,β-unsaturated/α-hetero) is 1. The molecule has 0 saturated heterocycles. The van der Waals surface area contributed by atoms with Gasteiger partial charge in [-0.1, -0.05) is 19.4 Å². The summed E-state index contributed by atoms with van der Waals surface area (Å²) in [6.45, 7) is 3.32. The fourth-order valence-corrected chi connectivity index (χ4v) is 2.12. The van der Waals surface area contributed by atoms with Crippen LogP contribution in [0.1, 0.15) is 26.7 Å². The molecule has 2 aliphatic rings. The van der Waals surface area contributed by atoms with Crippen LogP contribution in [0.5, 0.6) is 0 Å². The number of hydrogen-bond acceptors (Lipinski definition) is 5. The zero-order valence-electron chi connectivity index (χ0n) is 10.8. The van der Waals surface area contributed by atoms with Crippen LogP contribution in [0.25, 0.3) is 0 Å². The molecular weight excluding hydrogens is 250 g/mol. The summed E-state index contributed by atoms with van der Waals surface area (Å²) >= 11 is 0. The van der Waals surface area contributed by atoms with Gasteiger partial charge in [0.25, 0.3) is 5.91 Å². The first kappa shape index (κ1) is 13.8. The molecule has 3 unspecified atom stereocenters. The summed E-state index contributed by atoms with van der Waals surface area (Å²) in [4.78, 5) is 23.5. The molecule has 0 aliphatic carbocycles. The van der Waals surface area contributed by atoms with Gasteiger partial charge in [0, 0.05) is 0 Å². The summed E-state index contributed by atoms with van der Waals surface area (Å²) in [5.41, 5.74) is -2.00. The van der Waals surface area contributed by atoms with Crippen LogP contribution in [0, 0.1) is 0 Å². The lowest BCUT2D eigenvalue weighted by Crippen LogP contribution is -2.44. The molecule has 0 aromatic heterocycles. The molecule has 3 atom stereocenters. The number of nitrogens with one attached hydrogen (secondary N) is 1. The van der Waals surface area contributed by atoms with Crippen LogP contribution >= 0.6 is 0 Å². The molecule has 0 aromatic rings. The minimum absolute atomic E-state index is 0.112. The highest BCUT2D eigenvalue weighted by Gasteiger charge is 2.51. The Bertz CT molecular complexity index is 477. The van der Waals surface area contributed by atoms with E-state index in [1.807, 2.05) is 6.92 Å². The largest absolute Gasteiger partial charge is 0.481 e. The van der Waals surface area contributed by atoms with Crippen molar-refractivity contribution in [2.75, 3.05) is 0 Å². The van der Waals surface area contributed by atoms with E-state index in [0.29, 0.717) is 0 Å². The van der Waals surface area contributed by atoms with E-state index in [9.17, 15) is 19.8 Å². The molecular formula is C13H17NO5. The molecule has 104 valence electrons. The molecule has 2 aliphatic heterocycles. The molecule has 0 bridgehead atoms. The van der Waals surface area contributed by atoms with Crippen molar-refractivity contribution in [2.24, 2.45) is 0 Å². The molecule has 0 fully saturated rings. The number of allylic oxidation sites excluding steroid dienone is 1. The fraction of sp³-hybridized carbons (Fsp3) is 0.538. The molecule has 2 rings (SSSR count). The van der Waals surface area contributed by atoms with Crippen molar-refractivity contribution in [3.8, 4) is 0 Å². The first-order valence-corrected chi connectivity index (χ1v) is 6.23. The summed E-state index contributed by atoms with van der Waals surface area (Å²) in [6.07, 6.45) is 2.79. The zero-order chi connectivity index (χ0) is 14.2. The van der Waals surface area contributed by atoms with Gasteiger partial charge >= 0.3 is 0 Å². The van der Waals surface area contributed by atoms with Crippen LogP contribution in [0.3, 0.4) is 0 Å². The number of aliphatic hydroxyl groups is 2. The summed E-state index contributed by atoms with van der Waals surface area (Å²) in [6, 6.07) is 0. The van der Waals surface area contributed by atoms with E-state index >= 15 is 0 Å². The Labute approximate surface area is 110 Å². The minimum atomic E-state index is -1.71. The topological polar surface area (TPSA) is 95.9 Å². The van der Waals surface area contributed by atoms with Gasteiger partial charge in [-0.25, -0.2) is 0 Å². The van der Waals surface area contributed by atoms with Crippen molar-refractivity contribution >= 4 is 11.7 Å². The number of carbonyl (C=O) groups excluding carboxylic acids is 2. The number of unbranched alkanes of at least 4 members (excludes halogenated alkanes) is 1. The third-order valence-corrected chi connectivity index (χ3v) is 3.11. The van der Waals surface area contributed by atoms with E-state index < -0.39 is 29.6 Å². The van der Waals surface area contributed by atoms with Crippen LogP contribution in [0.2, 0.25) is 0 Å². The maximum Gasteiger partial charge on any atom is 0.261 e. The van der Waals surface area contributed by atoms with Gasteiger partial charge in [0.1, 0.15) is 11.7 Å². The number of hydrogen-bond donors (Lipinski definition) is 3. The van der Waals surface area contributed by atoms with Gasteiger partial charge in [-0.3, -0.25) is 9.59 Å². The van der Waals surface area contributed by atoms with E-state index in [-0.39, 0.29) is 11.3 Å². The summed E-state index contributed by atoms with van der Waals surface area (Å²) in [7, 11) is 0. The van der Waals surface area contributed by atoms with Crippen LogP contribution in [-0.2, 0) is 14.3 Å². The van der Waals surface area contributed by atoms with Gasteiger partial charge in [0.2, 0.25) is 5.78 Å². The van der Waals surface area contributed by atoms with Gasteiger partial charge < -0.3 is 20.3 Å². The van der Waals surface area contributed by atoms with Crippen molar-refractivity contribution in [3.05, 3.63) is 23.5 Å². The van der Waals surface area contributed by atoms with Gasteiger partial charge in [-0.2, -0.15) is 0 Å². The Hall–Kier alpha value is -1.66. The first-order valence-electron chi connectivity index (χ1n) is 6.23. The highest BCUT2D eigenvalue weighted by Crippen LogP contribution is 2.33. The van der Waals surface area contributed by atoms with Gasteiger partial charge in [0.15, 0.2) is 17.6 Å². The van der Waals surface area contributed by atoms with Crippen molar-refractivity contribution < 1.29 is 24.5 Å². The lowest BCUT2D eigenvalue weighted by Gasteiger charge is -2.30. The summed E-state index contributed by atoms with van der Waals surface area (Å²) in [5.74, 6) is -1.55. The molecule has 6 heteroatoms. The summed E-state index contributed by atoms with van der Waals surface area (Å²) in [5, 5.41) is 22.1. The number of ether oxygens (including phenoxy) is 1. The fourth-order valence-electron chi connectivity index (χ4n) is 2.12. The number of amides is 1. The lowest BCUT2D eigenvalue weighted by molar-refractivity contribution is -0.133. The number of carbonyl (C=O) groups is 2. The molecule has 1 amide bonds. The molecule has 0 radical (unpaired) electrons. The zero-order valence-corrected chi connectivity index (χ0v) is 10.8. The second-order valence-corrected chi connectivity index (χ2v) is 4.84. The number of aliphatic hydroxyl groups excluding tert-OH is 1. The predicted octanol–water partition coefficient (Wildman–Crippen LogP) is -0.236. The minimum Gasteiger partial charge on any atom is -0.481 e. The van der Waals surface area contributed by atoms with Gasteiger partial charge in [-0.05, 0) is 19.4 Å². The Kier molecular flexibility index (Phi) is 3.47. The lowest BCUT2D eigenvalue weighted by atomic mass is 9.96. The molecule has 0 spiro atoms. The normalized spacial score (nSPS) is 34.5. The van der Waals surface area contributed by atoms with Crippen LogP contribution in [0.15, 0.2) is 23.5 Å². The van der Waals surface area contributed by atoms with Crippen LogP contribution < -0.4 is 5.32 Å². The smallest absolute Gasteiger partial charge is 0.261 e. The first-order chi connectivity index (χ1) is 8.88. The highest BCUT2D eigenvalue weighted by atomic mass is 16.5. The monoisotopic (exact) mass is 267 g/mol. The third-order valence-electron chi connectivity index (χ3n) is 3.11. The predicted molar refractivity (Wildman–Crippen MR) is 65.7 cm³/mol. The molecule has 0 saturated carbocycles. The Morgan fingerprint density at radius 2 is 2.16 bits per heavy atom. The number of ketones is 1. The second-order valence-electron chi connectivity index (χ2n) is 4.84. The maximum absolute atomic E-state index is 12.0. The Balaban J connectivity index is 2.31. The van der Waals surface area contributed by atoms with Crippen LogP contribution in [-0.4, -0.2) is 39.8 Å². The molecule has 6 nitrogen and oxygen atoms in total. The van der Waals surface area contributed by atoms with E-state index in [1.54, 1.807) is 12.2 Å². The third kappa shape index (κ3) is 2.29. The SMILES string of the molecule is CCCC=CC1OC2=C(C(=O)NC2(C)O)C(=O)C1O. The standard InChI is InChI=1S/C13H17NO5/c1-3-4-5-6-7-9(15)10(16)8-11(19-7)13(2,18)14-12(8)17/h5-7,9,15,18H,3-4H2,1-2H3,(H,14,17). The molecule has 19 heavy (non-hydrogen) atoms. The van der Waals surface area contributed by atoms with Crippen molar-refractivity contribution in [1.29, 1.82) is 0 Å². The highest BCUT2D eigenvalue weighted by molar-refractivity contribution is 6.23. The van der Waals surface area contributed by atoms with E-state index in [4.69, 9.17) is 4.74 Å². The van der Waals surface area contributed by atoms with Gasteiger partial charge in [0.05, 0.1) is 0 Å². The molecule has 2 heterocycles. The second kappa shape index (κ2) is 4.79. The Morgan fingerprint density at radius 3 is 2.79 bits per heavy atom. The van der Waals surface area contributed by atoms with Crippen molar-refractivity contribution in [2.45, 2.75) is 44.6 Å². The maximum atomic E-state index is 12.0. The van der Waals surface area contributed by atoms with E-state index in [1.165, 1.54) is 6.92 Å². The van der Waals surface area contributed by atoms with Crippen molar-refractivity contribution in [3.63, 3.8) is 0 Å². The van der Waals surface area contributed by atoms with Crippen LogP contribution in [0.4, 0.5) is 0 Å². The average molecular weight is 267 g/mol. The summed E-state index contributed by atoms with van der Waals surface area (Å²) < 4.78 is 5.41. The quantitative estimate of drug-likeness (QED) is 0.484. The van der Waals surface area contributed by atoms with Gasteiger partial charge in [-0.15, -0.1) is 0 Å². The Morgan fingerprint density at radius 1 is 1.47 bits per heavy atom. The molecule has 0 aromatic carbocycles. The van der Waals surface area contributed by atoms with E-state index in [2.05, 4.69) is 5.32 Å². The number of rotatable bonds is 3. The molecule has 3 N–H and O–H groups in total. The van der Waals surface area contributed by atoms with E-state index in [0.717, 1.165) is 12.8 Å². The van der Waals surface area contributed by atoms with Crippen molar-refractivity contribution in [1.82, 2.24) is 5.32 Å².